The summed E-state index contributed by atoms with van der Waals surface area (Å²) in [6.45, 7) is 8.67. The standard InChI is InChI=1S/C21H28N4O3S/c1-4-25-11-10-16-17(12-25)29-21(22-16)24-20(27)19(14(2)3)23-18(26)13-28-15-8-6-5-7-9-15/h5-9,14,19H,4,10-13H2,1-3H3,(H,23,26)(H,22,24,27). The average molecular weight is 417 g/mol. The second kappa shape index (κ2) is 9.84. The molecule has 0 radical (unpaired) electrons. The Hall–Kier alpha value is -2.45. The van der Waals surface area contributed by atoms with Crippen molar-refractivity contribution in [3.05, 3.63) is 40.9 Å². The van der Waals surface area contributed by atoms with Gasteiger partial charge in [-0.1, -0.05) is 39.0 Å². The highest BCUT2D eigenvalue weighted by Gasteiger charge is 2.26. The number of hydrogen-bond donors (Lipinski definition) is 2. The molecule has 8 heteroatoms. The molecular formula is C21H28N4O3S. The van der Waals surface area contributed by atoms with Crippen LogP contribution in [0.5, 0.6) is 5.75 Å². The van der Waals surface area contributed by atoms with E-state index in [9.17, 15) is 9.59 Å². The van der Waals surface area contributed by atoms with Crippen molar-refractivity contribution in [3.8, 4) is 5.75 Å². The topological polar surface area (TPSA) is 83.6 Å². The Morgan fingerprint density at radius 3 is 2.72 bits per heavy atom. The van der Waals surface area contributed by atoms with Crippen LogP contribution in [0.3, 0.4) is 0 Å². The van der Waals surface area contributed by atoms with E-state index in [2.05, 4.69) is 27.4 Å². The zero-order valence-corrected chi connectivity index (χ0v) is 17.9. The van der Waals surface area contributed by atoms with Gasteiger partial charge in [-0.2, -0.15) is 0 Å². The molecule has 2 aromatic rings. The molecule has 0 aliphatic carbocycles. The number of anilines is 1. The summed E-state index contributed by atoms with van der Waals surface area (Å²) in [7, 11) is 0. The molecule has 156 valence electrons. The van der Waals surface area contributed by atoms with Crippen LogP contribution in [0.2, 0.25) is 0 Å². The minimum absolute atomic E-state index is 0.0687. The number of hydrogen-bond acceptors (Lipinski definition) is 6. The van der Waals surface area contributed by atoms with Gasteiger partial charge >= 0.3 is 0 Å². The summed E-state index contributed by atoms with van der Waals surface area (Å²) in [5, 5.41) is 6.26. The smallest absolute Gasteiger partial charge is 0.258 e. The van der Waals surface area contributed by atoms with Crippen LogP contribution in [0.15, 0.2) is 30.3 Å². The zero-order chi connectivity index (χ0) is 20.8. The van der Waals surface area contributed by atoms with Crippen LogP contribution in [0.25, 0.3) is 0 Å². The third-order valence-electron chi connectivity index (χ3n) is 4.87. The molecule has 2 heterocycles. The zero-order valence-electron chi connectivity index (χ0n) is 17.1. The van der Waals surface area contributed by atoms with Gasteiger partial charge in [0, 0.05) is 24.4 Å². The second-order valence-electron chi connectivity index (χ2n) is 7.39. The molecular weight excluding hydrogens is 388 g/mol. The van der Waals surface area contributed by atoms with E-state index in [4.69, 9.17) is 4.74 Å². The highest BCUT2D eigenvalue weighted by Crippen LogP contribution is 2.28. The number of nitrogens with zero attached hydrogens (tertiary/aromatic N) is 2. The van der Waals surface area contributed by atoms with Gasteiger partial charge in [0.25, 0.3) is 5.91 Å². The van der Waals surface area contributed by atoms with Crippen molar-refractivity contribution in [2.75, 3.05) is 25.0 Å². The summed E-state index contributed by atoms with van der Waals surface area (Å²) in [5.41, 5.74) is 1.07. The number of rotatable bonds is 8. The molecule has 7 nitrogen and oxygen atoms in total. The third kappa shape index (κ3) is 5.77. The molecule has 0 bridgehead atoms. The van der Waals surface area contributed by atoms with Gasteiger partial charge in [-0.05, 0) is 24.6 Å². The number of fused-ring (bicyclic) bond motifs is 1. The van der Waals surface area contributed by atoms with Crippen LogP contribution in [0.4, 0.5) is 5.13 Å². The van der Waals surface area contributed by atoms with E-state index in [1.165, 1.54) is 16.2 Å². The minimum atomic E-state index is -0.657. The lowest BCUT2D eigenvalue weighted by atomic mass is 10.0. The molecule has 3 rings (SSSR count). The molecule has 1 aromatic heterocycles. The van der Waals surface area contributed by atoms with E-state index in [0.29, 0.717) is 10.9 Å². The molecule has 2 N–H and O–H groups in total. The van der Waals surface area contributed by atoms with E-state index >= 15 is 0 Å². The summed E-state index contributed by atoms with van der Waals surface area (Å²) in [5.74, 6) is -0.0465. The molecule has 1 aliphatic heterocycles. The fourth-order valence-electron chi connectivity index (χ4n) is 3.17. The van der Waals surface area contributed by atoms with Crippen LogP contribution in [0.1, 0.15) is 31.3 Å². The lowest BCUT2D eigenvalue weighted by Gasteiger charge is -2.23. The summed E-state index contributed by atoms with van der Waals surface area (Å²) < 4.78 is 5.46. The van der Waals surface area contributed by atoms with Crippen molar-refractivity contribution in [3.63, 3.8) is 0 Å². The maximum atomic E-state index is 12.8. The Labute approximate surface area is 175 Å². The molecule has 1 aromatic carbocycles. The Morgan fingerprint density at radius 2 is 2.03 bits per heavy atom. The maximum absolute atomic E-state index is 12.8. The fourth-order valence-corrected chi connectivity index (χ4v) is 4.22. The highest BCUT2D eigenvalue weighted by molar-refractivity contribution is 7.15. The van der Waals surface area contributed by atoms with Crippen molar-refractivity contribution in [1.82, 2.24) is 15.2 Å². The number of benzene rings is 1. The highest BCUT2D eigenvalue weighted by atomic mass is 32.1. The quantitative estimate of drug-likeness (QED) is 0.691. The minimum Gasteiger partial charge on any atom is -0.484 e. The van der Waals surface area contributed by atoms with E-state index in [1.54, 1.807) is 12.1 Å². The summed E-state index contributed by atoms with van der Waals surface area (Å²) in [4.78, 5) is 33.2. The maximum Gasteiger partial charge on any atom is 0.258 e. The first-order chi connectivity index (χ1) is 14.0. The molecule has 0 saturated carbocycles. The van der Waals surface area contributed by atoms with Gasteiger partial charge in [0.05, 0.1) is 5.69 Å². The van der Waals surface area contributed by atoms with Crippen molar-refractivity contribution >= 4 is 28.3 Å². The molecule has 1 aliphatic rings. The van der Waals surface area contributed by atoms with Crippen LogP contribution >= 0.6 is 11.3 Å². The van der Waals surface area contributed by atoms with Crippen molar-refractivity contribution in [1.29, 1.82) is 0 Å². The monoisotopic (exact) mass is 416 g/mol. The molecule has 1 unspecified atom stereocenters. The Kier molecular flexibility index (Phi) is 7.22. The van der Waals surface area contributed by atoms with Gasteiger partial charge < -0.3 is 15.4 Å². The number of amides is 2. The largest absolute Gasteiger partial charge is 0.484 e. The summed E-state index contributed by atoms with van der Waals surface area (Å²) in [6.07, 6.45) is 0.900. The van der Waals surface area contributed by atoms with Crippen LogP contribution in [-0.2, 0) is 22.6 Å². The number of thiazole rings is 1. The first kappa shape index (κ1) is 21.3. The summed E-state index contributed by atoms with van der Waals surface area (Å²) >= 11 is 1.52. The van der Waals surface area contributed by atoms with Gasteiger partial charge in [0.2, 0.25) is 5.91 Å². The Bertz CT molecular complexity index is 838. The van der Waals surface area contributed by atoms with Gasteiger partial charge in [-0.25, -0.2) is 4.98 Å². The van der Waals surface area contributed by atoms with Crippen molar-refractivity contribution in [2.45, 2.75) is 39.8 Å². The van der Waals surface area contributed by atoms with Crippen LogP contribution in [0, 0.1) is 5.92 Å². The predicted molar refractivity (Wildman–Crippen MR) is 114 cm³/mol. The molecule has 1 atom stereocenters. The molecule has 2 amide bonds. The SMILES string of the molecule is CCN1CCc2nc(NC(=O)C(NC(=O)COc3ccccc3)C(C)C)sc2C1. The number of para-hydroxylation sites is 1. The molecule has 0 fully saturated rings. The van der Waals surface area contributed by atoms with E-state index < -0.39 is 6.04 Å². The Balaban J connectivity index is 1.57. The second-order valence-corrected chi connectivity index (χ2v) is 8.47. The number of carbonyl (C=O) groups is 2. The van der Waals surface area contributed by atoms with Gasteiger partial charge in [0.15, 0.2) is 11.7 Å². The van der Waals surface area contributed by atoms with Gasteiger partial charge in [-0.15, -0.1) is 11.3 Å². The van der Waals surface area contributed by atoms with E-state index in [0.717, 1.165) is 31.7 Å². The molecule has 0 spiro atoms. The first-order valence-electron chi connectivity index (χ1n) is 9.95. The average Bonchev–Trinajstić information content (AvgIpc) is 3.12. The lowest BCUT2D eigenvalue weighted by molar-refractivity contribution is -0.128. The number of ether oxygens (including phenoxy) is 1. The normalized spacial score (nSPS) is 14.9. The number of likely N-dealkylation sites (N-methyl/N-ethyl adjacent to an activating group) is 1. The van der Waals surface area contributed by atoms with E-state index in [1.807, 2.05) is 32.0 Å². The van der Waals surface area contributed by atoms with E-state index in [-0.39, 0.29) is 24.3 Å². The first-order valence-corrected chi connectivity index (χ1v) is 10.8. The third-order valence-corrected chi connectivity index (χ3v) is 5.86. The number of nitrogens with one attached hydrogen (secondary N) is 2. The predicted octanol–water partition coefficient (Wildman–Crippen LogP) is 2.68. The van der Waals surface area contributed by atoms with Crippen LogP contribution < -0.4 is 15.4 Å². The van der Waals surface area contributed by atoms with Crippen molar-refractivity contribution in [2.24, 2.45) is 5.92 Å². The Morgan fingerprint density at radius 1 is 1.28 bits per heavy atom. The van der Waals surface area contributed by atoms with Crippen LogP contribution in [-0.4, -0.2) is 47.4 Å². The molecule has 29 heavy (non-hydrogen) atoms. The fraction of sp³-hybridized carbons (Fsp3) is 0.476. The lowest BCUT2D eigenvalue weighted by Crippen LogP contribution is -2.48. The van der Waals surface area contributed by atoms with Gasteiger partial charge in [0.1, 0.15) is 11.8 Å². The molecule has 0 saturated heterocycles. The van der Waals surface area contributed by atoms with Crippen molar-refractivity contribution < 1.29 is 14.3 Å². The number of carbonyl (C=O) groups excluding carboxylic acids is 2. The number of aromatic nitrogens is 1. The van der Waals surface area contributed by atoms with Gasteiger partial charge in [-0.3, -0.25) is 14.5 Å². The summed E-state index contributed by atoms with van der Waals surface area (Å²) in [6, 6.07) is 8.46.